The van der Waals surface area contributed by atoms with Crippen LogP contribution in [0, 0.1) is 35.8 Å². The minimum Gasteiger partial charge on any atom is -0.443 e. The highest BCUT2D eigenvalue weighted by molar-refractivity contribution is 7.49. The molecule has 47 nitrogen and oxygen atoms in total. The molecule has 53 heteroatoms. The number of carbonyl (C=O) groups is 2. The van der Waals surface area contributed by atoms with Crippen molar-refractivity contribution in [1.82, 2.24) is 28.7 Å². The molecule has 3 aromatic heterocycles. The van der Waals surface area contributed by atoms with E-state index in [1.54, 1.807) is 41.5 Å². The van der Waals surface area contributed by atoms with Gasteiger partial charge >= 0.3 is 76.2 Å². The number of nitrogen functional groups attached to an aromatic ring is 2. The van der Waals surface area contributed by atoms with Gasteiger partial charge in [-0.1, -0.05) is 80.1 Å². The number of nitrogens with zero attached hydrogens (tertiary/aromatic N) is 11. The number of nitrogens with two attached hydrogens (primary N) is 2. The number of hydrogen-bond donors (Lipinski definition) is 4. The first-order chi connectivity index (χ1) is 59.5. The Labute approximate surface area is 732 Å². The van der Waals surface area contributed by atoms with Gasteiger partial charge in [-0.15, -0.1) is 0 Å². The zero-order chi connectivity index (χ0) is 93.8. The number of ether oxygens (including phenoxy) is 5. The summed E-state index contributed by atoms with van der Waals surface area (Å²) in [5.74, 6) is -0.355. The SMILES string of the molecule is CCCCOP(=O)(O)OC[C@H]1O[C@@H](n2ccc(N)nc2=O)C[C@@H]1OP(=O)(O)OCCCC.[C-]#[N+]CCOP(=O)(OCCCC)OC[C@H]1O[C@@H](n2ccc(N(C(=O)OC(C)(C)C)C(=O)OC(C)(C)C)nc2=O)C[C@@H]1OP(=O)(OCCC#N)OCCCC.[C-]#[N+]CCOP(=O)(OCCCC)OC[C@H]1O[C@@H](n2ccc(N)nc2=O)C[C@@H]1OP(=O)(OCCC#N)OCCCC. The van der Waals surface area contributed by atoms with Crippen LogP contribution in [0.3, 0.4) is 0 Å². The standard InChI is InChI=1S/C33H53N5O14P2.C23H37N5O10P2.C17H31N3O10P2/c1-10-12-19-44-53(42,47-22-17-35-9)48-24-26-25(52-54(43,45-20-13-11-2)46-21-14-16-34)23-28(49-26)37-18-15-27(36-29(37)39)38(30(40)50-32(3,4)5)31(41)51-33(6,7)8;1-4-6-13-32-39(30,35-16-11-26-3)36-18-20-19(17-22(37-20)28-12-9-21(25)27-23(28)29)38-40(31,33-14-7-5-2)34-15-8-10-24;1-3-5-9-26-31(22,23)28-12-14-13(30-32(24,25)27-10-6-4-2)11-16(29-14)20-8-7-15(18)19-17(20)21/h15,18,25-26,28H,10-14,17,19-24H2,1-8H3;9,12,19-20,22H,4-8,11,13-18H2,1-2H3,(H2,25,27,29);7-8,13-14,16H,3-6,9-12H2,1-2H3,(H,22,23)(H,24,25)(H2,18,19,21)/t25-,26+,28+,53?,54?;19-,20+,22+,39?,40?;13-,14+,16+/m000/s1. The number of amides is 2. The van der Waals surface area contributed by atoms with E-state index in [9.17, 15) is 61.1 Å². The second-order valence-electron chi connectivity index (χ2n) is 29.5. The van der Waals surface area contributed by atoms with Crippen LogP contribution in [0.25, 0.3) is 9.69 Å². The third-order valence-electron chi connectivity index (χ3n) is 16.7. The van der Waals surface area contributed by atoms with Crippen molar-refractivity contribution >= 4 is 76.6 Å². The fraction of sp³-hybridized carbons (Fsp3) is 0.753. The van der Waals surface area contributed by atoms with Gasteiger partial charge in [0.15, 0.2) is 5.82 Å². The lowest BCUT2D eigenvalue weighted by atomic mass is 10.2. The van der Waals surface area contributed by atoms with E-state index in [0.29, 0.717) is 49.8 Å². The van der Waals surface area contributed by atoms with Crippen molar-refractivity contribution in [3.63, 3.8) is 0 Å². The van der Waals surface area contributed by atoms with Crippen LogP contribution in [-0.2, 0) is 123 Å². The first kappa shape index (κ1) is 112. The van der Waals surface area contributed by atoms with E-state index in [1.165, 1.54) is 41.4 Å². The van der Waals surface area contributed by atoms with Crippen molar-refractivity contribution in [2.24, 2.45) is 0 Å². The highest BCUT2D eigenvalue weighted by Gasteiger charge is 2.49. The normalized spacial score (nSPS) is 21.6. The maximum Gasteiger partial charge on any atom is 0.475 e. The van der Waals surface area contributed by atoms with E-state index in [2.05, 4.69) is 24.6 Å². The number of carbonyl (C=O) groups excluding carboxylic acids is 2. The van der Waals surface area contributed by atoms with Crippen molar-refractivity contribution in [2.75, 3.05) is 115 Å². The van der Waals surface area contributed by atoms with E-state index >= 15 is 0 Å². The topological polar surface area (TPSA) is 587 Å². The summed E-state index contributed by atoms with van der Waals surface area (Å²) in [4.78, 5) is 102. The lowest BCUT2D eigenvalue weighted by Gasteiger charge is -2.28. The molecule has 2 amide bonds. The van der Waals surface area contributed by atoms with Crippen LogP contribution in [-0.4, -0.2) is 197 Å². The molecule has 0 aliphatic carbocycles. The molecule has 3 fully saturated rings. The maximum absolute atomic E-state index is 13.8. The van der Waals surface area contributed by atoms with Crippen LogP contribution in [0.5, 0.6) is 0 Å². The number of phosphoric ester groups is 6. The highest BCUT2D eigenvalue weighted by Crippen LogP contribution is 2.58. The van der Waals surface area contributed by atoms with Crippen LogP contribution >= 0.6 is 46.9 Å². The van der Waals surface area contributed by atoms with Crippen LogP contribution in [0.4, 0.5) is 27.0 Å². The number of aromatic nitrogens is 6. The molecular formula is C73H121N13O34P6. The molecule has 0 bridgehead atoms. The van der Waals surface area contributed by atoms with Gasteiger partial charge in [0.25, 0.3) is 0 Å². The molecule has 6 unspecified atom stereocenters. The Kier molecular flexibility index (Phi) is 49.9. The van der Waals surface area contributed by atoms with Gasteiger partial charge in [0.05, 0.1) is 97.7 Å². The fourth-order valence-corrected chi connectivity index (χ4v) is 17.5. The Morgan fingerprint density at radius 1 is 0.460 bits per heavy atom. The number of unbranched alkanes of at least 4 members (excludes halogenated alkanes) is 6. The predicted molar refractivity (Wildman–Crippen MR) is 450 cm³/mol. The van der Waals surface area contributed by atoms with Crippen LogP contribution in [0.2, 0.25) is 0 Å². The van der Waals surface area contributed by atoms with Gasteiger partial charge in [0.1, 0.15) is 91.4 Å². The second-order valence-corrected chi connectivity index (χ2v) is 39.0. The third-order valence-corrected chi connectivity index (χ3v) is 24.7. The summed E-state index contributed by atoms with van der Waals surface area (Å²) >= 11 is 0. The lowest BCUT2D eigenvalue weighted by molar-refractivity contribution is -0.0496. The number of imide groups is 1. The summed E-state index contributed by atoms with van der Waals surface area (Å²) in [5.41, 5.74) is 6.71. The van der Waals surface area contributed by atoms with Crippen molar-refractivity contribution in [1.29, 1.82) is 10.5 Å². The molecule has 6 rings (SSSR count). The van der Waals surface area contributed by atoms with Gasteiger partial charge in [-0.05, 0) is 98.3 Å². The van der Waals surface area contributed by atoms with Gasteiger partial charge < -0.3 is 54.6 Å². The average Bonchev–Trinajstić information content (AvgIpc) is 1.64. The quantitative estimate of drug-likeness (QED) is 0.0232. The average molecular weight is 1910 g/mol. The molecule has 3 aromatic rings. The van der Waals surface area contributed by atoms with E-state index in [4.69, 9.17) is 131 Å². The highest BCUT2D eigenvalue weighted by atomic mass is 31.2. The molecule has 712 valence electrons. The van der Waals surface area contributed by atoms with Gasteiger partial charge in [0.2, 0.25) is 13.1 Å². The first-order valence-electron chi connectivity index (χ1n) is 41.0. The third kappa shape index (κ3) is 41.7. The summed E-state index contributed by atoms with van der Waals surface area (Å²) in [7, 11) is -25.7. The minimum atomic E-state index is -4.45. The smallest absolute Gasteiger partial charge is 0.443 e. The Morgan fingerprint density at radius 3 is 1.09 bits per heavy atom. The molecule has 15 atom stereocenters. The summed E-state index contributed by atoms with van der Waals surface area (Å²) in [6.07, 6.45) is -0.562. The van der Waals surface area contributed by atoms with Gasteiger partial charge in [-0.3, -0.25) is 86.1 Å². The first-order valence-corrected chi connectivity index (χ1v) is 49.8. The molecule has 3 aliphatic heterocycles. The Balaban J connectivity index is 0.000000411. The second kappa shape index (κ2) is 56.3. The molecule has 0 saturated carbocycles. The zero-order valence-corrected chi connectivity index (χ0v) is 78.4. The summed E-state index contributed by atoms with van der Waals surface area (Å²) in [6.45, 7) is 32.7. The Morgan fingerprint density at radius 2 is 0.762 bits per heavy atom. The van der Waals surface area contributed by atoms with Crippen molar-refractivity contribution < 1.29 is 143 Å². The van der Waals surface area contributed by atoms with Crippen LogP contribution in [0.1, 0.15) is 211 Å². The summed E-state index contributed by atoms with van der Waals surface area (Å²) < 4.78 is 196. The summed E-state index contributed by atoms with van der Waals surface area (Å²) in [6, 6.07) is 7.78. The Bertz CT molecular complexity index is 4480. The number of rotatable bonds is 55. The zero-order valence-electron chi connectivity index (χ0n) is 73.0. The molecule has 0 radical (unpaired) electrons. The monoisotopic (exact) mass is 1910 g/mol. The molecule has 0 aromatic carbocycles. The van der Waals surface area contributed by atoms with Gasteiger partial charge in [-0.2, -0.15) is 30.4 Å². The maximum atomic E-state index is 13.8. The van der Waals surface area contributed by atoms with Crippen LogP contribution in [0.15, 0.2) is 51.2 Å². The predicted octanol–water partition coefficient (Wildman–Crippen LogP) is 13.9. The molecule has 3 saturated heterocycles. The number of anilines is 3. The molecular weight excluding hydrogens is 1790 g/mol. The van der Waals surface area contributed by atoms with Gasteiger partial charge in [-0.25, -0.2) is 64.5 Å². The molecule has 0 spiro atoms. The largest absolute Gasteiger partial charge is 0.475 e. The number of hydrogen-bond acceptors (Lipinski definition) is 39. The number of phosphoric acid groups is 6. The van der Waals surface area contributed by atoms with Gasteiger partial charge in [0, 0.05) is 37.9 Å². The molecule has 6 heterocycles. The molecule has 3 aliphatic rings. The van der Waals surface area contributed by atoms with Crippen LogP contribution < -0.4 is 33.4 Å². The van der Waals surface area contributed by atoms with Crippen molar-refractivity contribution in [2.45, 2.75) is 259 Å². The molecule has 6 N–H and O–H groups in total. The Hall–Kier alpha value is -6.52. The van der Waals surface area contributed by atoms with E-state index < -0.39 is 168 Å². The van der Waals surface area contributed by atoms with Crippen molar-refractivity contribution in [3.8, 4) is 12.1 Å². The minimum absolute atomic E-state index is 0.00447. The van der Waals surface area contributed by atoms with Crippen molar-refractivity contribution in [3.05, 3.63) is 91.1 Å². The number of nitriles is 2. The van der Waals surface area contributed by atoms with E-state index in [0.717, 1.165) is 41.2 Å². The lowest BCUT2D eigenvalue weighted by Crippen LogP contribution is -2.45. The molecule has 126 heavy (non-hydrogen) atoms. The van der Waals surface area contributed by atoms with E-state index in [1.807, 2.05) is 53.7 Å². The fourth-order valence-electron chi connectivity index (χ4n) is 10.5. The summed E-state index contributed by atoms with van der Waals surface area (Å²) in [5, 5.41) is 17.9. The van der Waals surface area contributed by atoms with E-state index in [-0.39, 0.29) is 123 Å².